The number of carboxylic acids is 1. The van der Waals surface area contributed by atoms with Gasteiger partial charge in [-0.3, -0.25) is 0 Å². The molecule has 0 saturated carbocycles. The van der Waals surface area contributed by atoms with Crippen LogP contribution in [-0.4, -0.2) is 16.1 Å². The predicted octanol–water partition coefficient (Wildman–Crippen LogP) is 4.11. The molecule has 0 unspecified atom stereocenters. The molecule has 1 heterocycles. The molecular weight excluding hydrogens is 327 g/mol. The van der Waals surface area contributed by atoms with E-state index in [1.165, 1.54) is 18.2 Å². The third-order valence-electron chi connectivity index (χ3n) is 2.31. The summed E-state index contributed by atoms with van der Waals surface area (Å²) in [7, 11) is 0. The standard InChI is InChI=1S/C12H7Cl3N2O3/c13-6-2-8(15)10(3-7(6)14)20-11-9(16)1-5(4-17-11)12(18)19/h1-4H,16H2,(H,18,19). The first-order valence-electron chi connectivity index (χ1n) is 5.19. The maximum atomic E-state index is 10.8. The van der Waals surface area contributed by atoms with Gasteiger partial charge in [0.1, 0.15) is 5.75 Å². The van der Waals surface area contributed by atoms with Crippen molar-refractivity contribution < 1.29 is 14.6 Å². The second-order valence-corrected chi connectivity index (χ2v) is 4.94. The highest BCUT2D eigenvalue weighted by Crippen LogP contribution is 2.37. The summed E-state index contributed by atoms with van der Waals surface area (Å²) in [6.07, 6.45) is 1.12. The van der Waals surface area contributed by atoms with Gasteiger partial charge in [0.2, 0.25) is 5.88 Å². The highest BCUT2D eigenvalue weighted by Gasteiger charge is 2.13. The molecule has 0 bridgehead atoms. The summed E-state index contributed by atoms with van der Waals surface area (Å²) >= 11 is 17.6. The summed E-state index contributed by atoms with van der Waals surface area (Å²) in [4.78, 5) is 14.6. The third kappa shape index (κ3) is 3.07. The van der Waals surface area contributed by atoms with Crippen molar-refractivity contribution in [3.8, 4) is 11.6 Å². The summed E-state index contributed by atoms with van der Waals surface area (Å²) in [5.41, 5.74) is 5.69. The fourth-order valence-corrected chi connectivity index (χ4v) is 1.93. The molecule has 104 valence electrons. The van der Waals surface area contributed by atoms with Crippen LogP contribution in [0.5, 0.6) is 11.6 Å². The molecule has 0 radical (unpaired) electrons. The van der Waals surface area contributed by atoms with E-state index in [2.05, 4.69) is 4.98 Å². The maximum Gasteiger partial charge on any atom is 0.337 e. The molecule has 1 aromatic heterocycles. The molecule has 0 saturated heterocycles. The number of aromatic nitrogens is 1. The Morgan fingerprint density at radius 2 is 1.80 bits per heavy atom. The largest absolute Gasteiger partial charge is 0.478 e. The molecule has 5 nitrogen and oxygen atoms in total. The number of anilines is 1. The summed E-state index contributed by atoms with van der Waals surface area (Å²) < 4.78 is 5.41. The Morgan fingerprint density at radius 1 is 1.15 bits per heavy atom. The Labute approximate surface area is 128 Å². The number of nitrogens with zero attached hydrogens (tertiary/aromatic N) is 1. The SMILES string of the molecule is Nc1cc(C(=O)O)cnc1Oc1cc(Cl)c(Cl)cc1Cl. The van der Waals surface area contributed by atoms with Crippen molar-refractivity contribution in [2.45, 2.75) is 0 Å². The highest BCUT2D eigenvalue weighted by molar-refractivity contribution is 6.43. The fraction of sp³-hybridized carbons (Fsp3) is 0. The van der Waals surface area contributed by atoms with Gasteiger partial charge in [-0.15, -0.1) is 0 Å². The molecular formula is C12H7Cl3N2O3. The number of nitrogen functional groups attached to an aromatic ring is 1. The van der Waals surface area contributed by atoms with Crippen LogP contribution in [0, 0.1) is 0 Å². The lowest BCUT2D eigenvalue weighted by molar-refractivity contribution is 0.0696. The lowest BCUT2D eigenvalue weighted by Crippen LogP contribution is -2.02. The second kappa shape index (κ2) is 5.75. The number of nitrogens with two attached hydrogens (primary N) is 1. The zero-order valence-corrected chi connectivity index (χ0v) is 12.0. The predicted molar refractivity (Wildman–Crippen MR) is 77.2 cm³/mol. The maximum absolute atomic E-state index is 10.8. The third-order valence-corrected chi connectivity index (χ3v) is 3.32. The zero-order chi connectivity index (χ0) is 14.9. The number of benzene rings is 1. The van der Waals surface area contributed by atoms with Crippen molar-refractivity contribution in [3.05, 3.63) is 45.0 Å². The minimum absolute atomic E-state index is 0.0234. The number of aromatic carboxylic acids is 1. The topological polar surface area (TPSA) is 85.4 Å². The Balaban J connectivity index is 2.35. The summed E-state index contributed by atoms with van der Waals surface area (Å²) in [6.45, 7) is 0. The lowest BCUT2D eigenvalue weighted by atomic mass is 10.2. The lowest BCUT2D eigenvalue weighted by Gasteiger charge is -2.10. The van der Waals surface area contributed by atoms with Gasteiger partial charge >= 0.3 is 5.97 Å². The molecule has 0 aliphatic heterocycles. The number of halogens is 3. The first-order chi connectivity index (χ1) is 9.38. The van der Waals surface area contributed by atoms with Crippen molar-refractivity contribution in [1.29, 1.82) is 0 Å². The van der Waals surface area contributed by atoms with Gasteiger partial charge in [0.15, 0.2) is 0 Å². The number of hydrogen-bond acceptors (Lipinski definition) is 4. The number of rotatable bonds is 3. The molecule has 0 amide bonds. The van der Waals surface area contributed by atoms with Crippen LogP contribution in [0.3, 0.4) is 0 Å². The molecule has 0 aliphatic rings. The van der Waals surface area contributed by atoms with Crippen LogP contribution in [0.2, 0.25) is 15.1 Å². The van der Waals surface area contributed by atoms with Gasteiger partial charge in [0.25, 0.3) is 0 Å². The van der Waals surface area contributed by atoms with Crippen LogP contribution in [0.15, 0.2) is 24.4 Å². The van der Waals surface area contributed by atoms with Crippen LogP contribution in [0.25, 0.3) is 0 Å². The average molecular weight is 334 g/mol. The Kier molecular flexibility index (Phi) is 4.23. The molecule has 8 heteroatoms. The van der Waals surface area contributed by atoms with Gasteiger partial charge in [0, 0.05) is 12.3 Å². The molecule has 0 spiro atoms. The molecule has 2 rings (SSSR count). The zero-order valence-electron chi connectivity index (χ0n) is 9.73. The van der Waals surface area contributed by atoms with E-state index in [1.807, 2.05) is 0 Å². The minimum atomic E-state index is -1.14. The number of ether oxygens (including phenoxy) is 1. The van der Waals surface area contributed by atoms with E-state index < -0.39 is 5.97 Å². The average Bonchev–Trinajstić information content (AvgIpc) is 2.37. The van der Waals surface area contributed by atoms with E-state index in [0.29, 0.717) is 0 Å². The molecule has 0 aliphatic carbocycles. The molecule has 1 aromatic carbocycles. The quantitative estimate of drug-likeness (QED) is 0.825. The van der Waals surface area contributed by atoms with Gasteiger partial charge in [-0.2, -0.15) is 0 Å². The van der Waals surface area contributed by atoms with Crippen LogP contribution in [0.1, 0.15) is 10.4 Å². The van der Waals surface area contributed by atoms with Gasteiger partial charge < -0.3 is 15.6 Å². The van der Waals surface area contributed by atoms with Crippen LogP contribution in [-0.2, 0) is 0 Å². The van der Waals surface area contributed by atoms with Gasteiger partial charge in [0.05, 0.1) is 26.3 Å². The number of hydrogen-bond donors (Lipinski definition) is 2. The monoisotopic (exact) mass is 332 g/mol. The number of carboxylic acid groups (broad SMARTS) is 1. The van der Waals surface area contributed by atoms with E-state index in [0.717, 1.165) is 6.20 Å². The Hall–Kier alpha value is -1.69. The van der Waals surface area contributed by atoms with E-state index in [4.69, 9.17) is 50.4 Å². The first-order valence-corrected chi connectivity index (χ1v) is 6.33. The molecule has 2 aromatic rings. The van der Waals surface area contributed by atoms with Gasteiger partial charge in [-0.1, -0.05) is 34.8 Å². The van der Waals surface area contributed by atoms with Gasteiger partial charge in [-0.05, 0) is 12.1 Å². The molecule has 0 fully saturated rings. The molecule has 3 N–H and O–H groups in total. The van der Waals surface area contributed by atoms with Crippen molar-refractivity contribution in [1.82, 2.24) is 4.98 Å². The summed E-state index contributed by atoms with van der Waals surface area (Å²) in [6, 6.07) is 4.07. The van der Waals surface area contributed by atoms with Gasteiger partial charge in [-0.25, -0.2) is 9.78 Å². The molecule has 0 atom stereocenters. The van der Waals surface area contributed by atoms with Crippen molar-refractivity contribution in [2.75, 3.05) is 5.73 Å². The Bertz CT molecular complexity index is 692. The van der Waals surface area contributed by atoms with Crippen molar-refractivity contribution in [3.63, 3.8) is 0 Å². The van der Waals surface area contributed by atoms with E-state index in [1.54, 1.807) is 0 Å². The minimum Gasteiger partial charge on any atom is -0.478 e. The number of carbonyl (C=O) groups is 1. The smallest absolute Gasteiger partial charge is 0.337 e. The van der Waals surface area contributed by atoms with Crippen LogP contribution < -0.4 is 10.5 Å². The first kappa shape index (κ1) is 14.7. The van der Waals surface area contributed by atoms with Crippen LogP contribution >= 0.6 is 34.8 Å². The summed E-state index contributed by atoms with van der Waals surface area (Å²) in [5.74, 6) is -0.901. The fourth-order valence-electron chi connectivity index (χ4n) is 1.36. The normalized spacial score (nSPS) is 10.3. The number of pyridine rings is 1. The van der Waals surface area contributed by atoms with Crippen molar-refractivity contribution >= 4 is 46.5 Å². The summed E-state index contributed by atoms with van der Waals surface area (Å²) in [5, 5.41) is 9.58. The van der Waals surface area contributed by atoms with E-state index >= 15 is 0 Å². The molecule has 20 heavy (non-hydrogen) atoms. The van der Waals surface area contributed by atoms with E-state index in [9.17, 15) is 4.79 Å². The van der Waals surface area contributed by atoms with E-state index in [-0.39, 0.29) is 37.9 Å². The van der Waals surface area contributed by atoms with Crippen LogP contribution in [0.4, 0.5) is 5.69 Å². The Morgan fingerprint density at radius 3 is 2.40 bits per heavy atom. The van der Waals surface area contributed by atoms with Crippen molar-refractivity contribution in [2.24, 2.45) is 0 Å². The highest BCUT2D eigenvalue weighted by atomic mass is 35.5. The second-order valence-electron chi connectivity index (χ2n) is 3.72.